The van der Waals surface area contributed by atoms with Crippen LogP contribution in [0.4, 0.5) is 17.6 Å². The first kappa shape index (κ1) is 24.4. The predicted molar refractivity (Wildman–Crippen MR) is 122 cm³/mol. The van der Waals surface area contributed by atoms with Crippen molar-refractivity contribution in [1.29, 1.82) is 0 Å². The van der Waals surface area contributed by atoms with Gasteiger partial charge in [0.1, 0.15) is 5.69 Å². The van der Waals surface area contributed by atoms with Gasteiger partial charge in [-0.05, 0) is 35.4 Å². The van der Waals surface area contributed by atoms with E-state index in [1.807, 2.05) is 0 Å². The minimum atomic E-state index is -4.84. The number of methoxy groups -OCH3 is 1. The van der Waals surface area contributed by atoms with Gasteiger partial charge in [-0.1, -0.05) is 48.5 Å². The molecule has 0 aliphatic carbocycles. The molecule has 0 amide bonds. The normalized spacial score (nSPS) is 12.1. The summed E-state index contributed by atoms with van der Waals surface area (Å²) in [5, 5.41) is 9.38. The predicted octanol–water partition coefficient (Wildman–Crippen LogP) is 5.08. The molecule has 3 aromatic carbocycles. The fourth-order valence-corrected chi connectivity index (χ4v) is 4.24. The van der Waals surface area contributed by atoms with Crippen LogP contribution in [0.3, 0.4) is 0 Å². The minimum Gasteiger partial charge on any atom is -0.494 e. The van der Waals surface area contributed by atoms with Crippen LogP contribution in [-0.2, 0) is 22.7 Å². The number of nitrogens with zero attached hydrogens (tertiary/aromatic N) is 2. The van der Waals surface area contributed by atoms with Gasteiger partial charge in [-0.15, -0.1) is 0 Å². The number of primary sulfonamides is 1. The molecule has 2 N–H and O–H groups in total. The quantitative estimate of drug-likeness (QED) is 0.370. The molecular formula is C24H19F4N3O3S. The summed E-state index contributed by atoms with van der Waals surface area (Å²) in [7, 11) is -2.77. The van der Waals surface area contributed by atoms with Crippen LogP contribution >= 0.6 is 0 Å². The zero-order valence-electron chi connectivity index (χ0n) is 18.3. The van der Waals surface area contributed by atoms with Gasteiger partial charge in [-0.2, -0.15) is 18.3 Å². The van der Waals surface area contributed by atoms with Crippen molar-refractivity contribution in [2.45, 2.75) is 17.6 Å². The van der Waals surface area contributed by atoms with Crippen LogP contribution in [0.25, 0.3) is 22.4 Å². The molecule has 0 saturated carbocycles. The Labute approximate surface area is 198 Å². The first-order valence-corrected chi connectivity index (χ1v) is 11.7. The van der Waals surface area contributed by atoms with Gasteiger partial charge in [-0.25, -0.2) is 17.9 Å². The summed E-state index contributed by atoms with van der Waals surface area (Å²) >= 11 is 0. The van der Waals surface area contributed by atoms with Gasteiger partial charge in [0.25, 0.3) is 0 Å². The minimum absolute atomic E-state index is 0.0690. The molecule has 182 valence electrons. The summed E-state index contributed by atoms with van der Waals surface area (Å²) in [6.07, 6.45) is -4.84. The zero-order chi connectivity index (χ0) is 25.4. The Balaban J connectivity index is 1.99. The van der Waals surface area contributed by atoms with Crippen molar-refractivity contribution in [2.75, 3.05) is 7.11 Å². The molecule has 0 aliphatic heterocycles. The molecule has 0 saturated heterocycles. The largest absolute Gasteiger partial charge is 0.494 e. The SMILES string of the molecule is COc1ccc(-c2c(-c3ccc(S(N)(=O)=O)cc3)nn(Cc3ccccc3)c2C(F)(F)F)cc1F. The molecule has 1 heterocycles. The second kappa shape index (κ2) is 9.16. The van der Waals surface area contributed by atoms with Crippen LogP contribution in [0.5, 0.6) is 5.75 Å². The number of rotatable bonds is 6. The Morgan fingerprint density at radius 1 is 0.971 bits per heavy atom. The van der Waals surface area contributed by atoms with E-state index in [1.54, 1.807) is 30.3 Å². The van der Waals surface area contributed by atoms with Crippen LogP contribution in [-0.4, -0.2) is 25.3 Å². The van der Waals surface area contributed by atoms with E-state index in [4.69, 9.17) is 9.88 Å². The second-order valence-electron chi connectivity index (χ2n) is 7.63. The van der Waals surface area contributed by atoms with Crippen LogP contribution < -0.4 is 9.88 Å². The molecule has 4 rings (SSSR count). The lowest BCUT2D eigenvalue weighted by atomic mass is 9.98. The third-order valence-electron chi connectivity index (χ3n) is 5.29. The van der Waals surface area contributed by atoms with Gasteiger partial charge in [-0.3, -0.25) is 4.68 Å². The van der Waals surface area contributed by atoms with E-state index in [9.17, 15) is 26.0 Å². The number of alkyl halides is 3. The Morgan fingerprint density at radius 3 is 2.14 bits per heavy atom. The molecule has 0 unspecified atom stereocenters. The molecule has 0 spiro atoms. The lowest BCUT2D eigenvalue weighted by Crippen LogP contribution is -2.16. The summed E-state index contributed by atoms with van der Waals surface area (Å²) in [6.45, 7) is -0.198. The van der Waals surface area contributed by atoms with Gasteiger partial charge in [0.15, 0.2) is 17.3 Å². The van der Waals surface area contributed by atoms with Crippen LogP contribution in [0, 0.1) is 5.82 Å². The smallest absolute Gasteiger partial charge is 0.433 e. The molecule has 0 radical (unpaired) electrons. The highest BCUT2D eigenvalue weighted by Crippen LogP contribution is 2.43. The van der Waals surface area contributed by atoms with Crippen LogP contribution in [0.15, 0.2) is 77.7 Å². The number of nitrogens with two attached hydrogens (primary N) is 1. The Kier molecular flexibility index (Phi) is 6.39. The maximum absolute atomic E-state index is 14.5. The average molecular weight is 505 g/mol. The summed E-state index contributed by atoms with van der Waals surface area (Å²) in [5.74, 6) is -0.970. The van der Waals surface area contributed by atoms with E-state index in [0.717, 1.165) is 10.7 Å². The van der Waals surface area contributed by atoms with Crippen LogP contribution in [0.1, 0.15) is 11.3 Å². The molecular weight excluding hydrogens is 486 g/mol. The topological polar surface area (TPSA) is 87.2 Å². The number of aromatic nitrogens is 2. The summed E-state index contributed by atoms with van der Waals surface area (Å²) in [4.78, 5) is -0.210. The van der Waals surface area contributed by atoms with Crippen molar-refractivity contribution in [3.63, 3.8) is 0 Å². The molecule has 0 bridgehead atoms. The molecule has 11 heteroatoms. The first-order valence-electron chi connectivity index (χ1n) is 10.2. The van der Waals surface area contributed by atoms with Gasteiger partial charge in [0, 0.05) is 11.1 Å². The lowest BCUT2D eigenvalue weighted by molar-refractivity contribution is -0.143. The number of sulfonamides is 1. The maximum atomic E-state index is 14.5. The second-order valence-corrected chi connectivity index (χ2v) is 9.19. The number of halogens is 4. The van der Waals surface area contributed by atoms with Crippen molar-refractivity contribution < 1.29 is 30.7 Å². The first-order chi connectivity index (χ1) is 16.5. The third-order valence-corrected chi connectivity index (χ3v) is 6.22. The number of ether oxygens (including phenoxy) is 1. The summed E-state index contributed by atoms with van der Waals surface area (Å²) in [6, 6.07) is 16.9. The average Bonchev–Trinajstić information content (AvgIpc) is 3.19. The number of hydrogen-bond acceptors (Lipinski definition) is 4. The summed E-state index contributed by atoms with van der Waals surface area (Å²) < 4.78 is 86.7. The van der Waals surface area contributed by atoms with Crippen molar-refractivity contribution >= 4 is 10.0 Å². The van der Waals surface area contributed by atoms with Crippen molar-refractivity contribution in [3.05, 3.63) is 89.9 Å². The van der Waals surface area contributed by atoms with E-state index in [0.29, 0.717) is 5.56 Å². The van der Waals surface area contributed by atoms with Gasteiger partial charge in [0.2, 0.25) is 10.0 Å². The highest BCUT2D eigenvalue weighted by Gasteiger charge is 2.41. The molecule has 35 heavy (non-hydrogen) atoms. The monoisotopic (exact) mass is 505 g/mol. The van der Waals surface area contributed by atoms with Crippen molar-refractivity contribution in [2.24, 2.45) is 5.14 Å². The van der Waals surface area contributed by atoms with Crippen molar-refractivity contribution in [3.8, 4) is 28.1 Å². The standard InChI is InChI=1S/C24H19F4N3O3S/c1-34-20-12-9-17(13-19(20)25)21-22(16-7-10-18(11-8-16)35(29,32)33)30-31(23(21)24(26,27)28)14-15-5-3-2-4-6-15/h2-13H,14H2,1H3,(H2,29,32,33). The zero-order valence-corrected chi connectivity index (χ0v) is 19.1. The molecule has 6 nitrogen and oxygen atoms in total. The van der Waals surface area contributed by atoms with Gasteiger partial charge >= 0.3 is 6.18 Å². The number of hydrogen-bond donors (Lipinski definition) is 1. The molecule has 0 atom stereocenters. The third kappa shape index (κ3) is 5.05. The van der Waals surface area contributed by atoms with E-state index in [1.165, 1.54) is 43.5 Å². The molecule has 1 aromatic heterocycles. The highest BCUT2D eigenvalue weighted by atomic mass is 32.2. The summed E-state index contributed by atoms with van der Waals surface area (Å²) in [5.41, 5.74) is -0.820. The van der Waals surface area contributed by atoms with Gasteiger partial charge < -0.3 is 4.74 Å². The Morgan fingerprint density at radius 2 is 1.60 bits per heavy atom. The van der Waals surface area contributed by atoms with Crippen LogP contribution in [0.2, 0.25) is 0 Å². The van der Waals surface area contributed by atoms with E-state index in [-0.39, 0.29) is 39.6 Å². The molecule has 0 fully saturated rings. The van der Waals surface area contributed by atoms with E-state index < -0.39 is 27.7 Å². The molecule has 0 aliphatic rings. The fourth-order valence-electron chi connectivity index (χ4n) is 3.72. The maximum Gasteiger partial charge on any atom is 0.433 e. The lowest BCUT2D eigenvalue weighted by Gasteiger charge is -2.14. The van der Waals surface area contributed by atoms with E-state index >= 15 is 0 Å². The fraction of sp³-hybridized carbons (Fsp3) is 0.125. The van der Waals surface area contributed by atoms with E-state index in [2.05, 4.69) is 5.10 Å². The highest BCUT2D eigenvalue weighted by molar-refractivity contribution is 7.89. The van der Waals surface area contributed by atoms with Crippen molar-refractivity contribution in [1.82, 2.24) is 9.78 Å². The Hall–Kier alpha value is -3.70. The number of benzene rings is 3. The molecule has 4 aromatic rings. The Bertz CT molecular complexity index is 1470. The van der Waals surface area contributed by atoms with Gasteiger partial charge in [0.05, 0.1) is 18.6 Å².